The first-order valence-electron chi connectivity index (χ1n) is 8.72. The van der Waals surface area contributed by atoms with E-state index >= 15 is 0 Å². The van der Waals surface area contributed by atoms with Crippen molar-refractivity contribution < 1.29 is 14.5 Å². The molecule has 2 aromatic carbocycles. The molecule has 30 heavy (non-hydrogen) atoms. The molecule has 0 unspecified atom stereocenters. The van der Waals surface area contributed by atoms with Gasteiger partial charge in [0.25, 0.3) is 0 Å². The minimum absolute atomic E-state index is 0.0695. The molecule has 0 aliphatic carbocycles. The number of nitro groups is 1. The monoisotopic (exact) mass is 444 g/mol. The quantitative estimate of drug-likeness (QED) is 0.242. The highest BCUT2D eigenvalue weighted by atomic mass is 35.5. The Balaban J connectivity index is 1.67. The van der Waals surface area contributed by atoms with E-state index in [9.17, 15) is 14.9 Å². The number of rotatable bonds is 7. The molecule has 0 aliphatic rings. The summed E-state index contributed by atoms with van der Waals surface area (Å²) in [5.41, 5.74) is 2.64. The van der Waals surface area contributed by atoms with Crippen LogP contribution in [0, 0.1) is 17.0 Å². The van der Waals surface area contributed by atoms with E-state index < -0.39 is 4.92 Å². The summed E-state index contributed by atoms with van der Waals surface area (Å²) in [6, 6.07) is 13.3. The summed E-state index contributed by atoms with van der Waals surface area (Å²) in [6.07, 6.45) is 0. The first kappa shape index (κ1) is 21.5. The topological polar surface area (TPSA) is 107 Å². The van der Waals surface area contributed by atoms with E-state index in [2.05, 4.69) is 15.3 Å². The van der Waals surface area contributed by atoms with E-state index in [0.717, 1.165) is 17.0 Å². The fourth-order valence-corrected chi connectivity index (χ4v) is 3.44. The zero-order chi connectivity index (χ0) is 21.7. The average molecular weight is 445 g/mol. The Morgan fingerprint density at radius 1 is 1.20 bits per heavy atom. The standard InChI is InChI=1S/C20H17ClN4O4S/c1-12-9-16(13-3-5-14(21)6-4-13)24-20(22-12)30-11-19(26)23-15-7-8-17(25(27)28)18(10-15)29-2/h3-10H,11H2,1-2H3,(H,23,26). The summed E-state index contributed by atoms with van der Waals surface area (Å²) < 4.78 is 5.01. The van der Waals surface area contributed by atoms with Crippen molar-refractivity contribution in [2.45, 2.75) is 12.1 Å². The third kappa shape index (κ3) is 5.46. The van der Waals surface area contributed by atoms with E-state index in [-0.39, 0.29) is 23.1 Å². The van der Waals surface area contributed by atoms with Gasteiger partial charge in [0, 0.05) is 34.1 Å². The fourth-order valence-electron chi connectivity index (χ4n) is 2.61. The third-order valence-electron chi connectivity index (χ3n) is 3.97. The van der Waals surface area contributed by atoms with Crippen molar-refractivity contribution in [3.63, 3.8) is 0 Å². The predicted molar refractivity (Wildman–Crippen MR) is 116 cm³/mol. The molecule has 0 atom stereocenters. The Hall–Kier alpha value is -3.17. The number of halogens is 1. The van der Waals surface area contributed by atoms with Crippen molar-refractivity contribution in [1.29, 1.82) is 0 Å². The molecular formula is C20H17ClN4O4S. The summed E-state index contributed by atoms with van der Waals surface area (Å²) >= 11 is 7.13. The molecule has 0 radical (unpaired) electrons. The number of nitrogens with one attached hydrogen (secondary N) is 1. The fraction of sp³-hybridized carbons (Fsp3) is 0.150. The van der Waals surface area contributed by atoms with Gasteiger partial charge in [0.1, 0.15) is 0 Å². The molecule has 0 bridgehead atoms. The van der Waals surface area contributed by atoms with Gasteiger partial charge in [0.15, 0.2) is 10.9 Å². The second-order valence-corrected chi connectivity index (χ2v) is 7.54. The number of ether oxygens (including phenoxy) is 1. The van der Waals surface area contributed by atoms with Crippen LogP contribution in [-0.4, -0.2) is 33.7 Å². The SMILES string of the molecule is COc1cc(NC(=O)CSc2nc(C)cc(-c3ccc(Cl)cc3)n2)ccc1[N+](=O)[O-]. The first-order valence-corrected chi connectivity index (χ1v) is 10.1. The molecule has 3 aromatic rings. The molecule has 0 aliphatic heterocycles. The number of benzene rings is 2. The van der Waals surface area contributed by atoms with Crippen LogP contribution in [0.15, 0.2) is 53.7 Å². The van der Waals surface area contributed by atoms with E-state index in [1.54, 1.807) is 12.1 Å². The minimum Gasteiger partial charge on any atom is -0.490 e. The largest absolute Gasteiger partial charge is 0.490 e. The smallest absolute Gasteiger partial charge is 0.311 e. The van der Waals surface area contributed by atoms with Gasteiger partial charge in [-0.1, -0.05) is 35.5 Å². The lowest BCUT2D eigenvalue weighted by Crippen LogP contribution is -2.14. The summed E-state index contributed by atoms with van der Waals surface area (Å²) in [4.78, 5) is 31.6. The van der Waals surface area contributed by atoms with Crippen molar-refractivity contribution in [3.8, 4) is 17.0 Å². The van der Waals surface area contributed by atoms with Gasteiger partial charge in [-0.2, -0.15) is 0 Å². The van der Waals surface area contributed by atoms with Gasteiger partial charge in [0.05, 0.1) is 23.5 Å². The molecule has 0 saturated heterocycles. The Bertz CT molecular complexity index is 1090. The van der Waals surface area contributed by atoms with Gasteiger partial charge in [-0.05, 0) is 31.2 Å². The van der Waals surface area contributed by atoms with Crippen molar-refractivity contribution >= 4 is 40.6 Å². The van der Waals surface area contributed by atoms with Crippen LogP contribution in [-0.2, 0) is 4.79 Å². The molecule has 1 aromatic heterocycles. The Morgan fingerprint density at radius 2 is 1.93 bits per heavy atom. The molecule has 8 nitrogen and oxygen atoms in total. The Morgan fingerprint density at radius 3 is 2.60 bits per heavy atom. The molecule has 3 rings (SSSR count). The lowest BCUT2D eigenvalue weighted by molar-refractivity contribution is -0.385. The maximum atomic E-state index is 12.3. The van der Waals surface area contributed by atoms with Gasteiger partial charge in [-0.25, -0.2) is 9.97 Å². The summed E-state index contributed by atoms with van der Waals surface area (Å²) in [6.45, 7) is 1.86. The summed E-state index contributed by atoms with van der Waals surface area (Å²) in [5.74, 6) is -0.155. The molecule has 1 N–H and O–H groups in total. The predicted octanol–water partition coefficient (Wildman–Crippen LogP) is 4.75. The van der Waals surface area contributed by atoms with Gasteiger partial charge < -0.3 is 10.1 Å². The second kappa shape index (κ2) is 9.55. The number of hydrogen-bond acceptors (Lipinski definition) is 7. The number of hydrogen-bond donors (Lipinski definition) is 1. The number of anilines is 1. The molecule has 0 saturated carbocycles. The Labute approximate surface area is 181 Å². The lowest BCUT2D eigenvalue weighted by atomic mass is 10.1. The number of carbonyl (C=O) groups is 1. The minimum atomic E-state index is -0.548. The van der Waals surface area contributed by atoms with Crippen LogP contribution in [0.2, 0.25) is 5.02 Å². The van der Waals surface area contributed by atoms with Crippen molar-refractivity contribution in [2.24, 2.45) is 0 Å². The maximum absolute atomic E-state index is 12.3. The zero-order valence-corrected chi connectivity index (χ0v) is 17.7. The van der Waals surface area contributed by atoms with E-state index in [1.807, 2.05) is 25.1 Å². The van der Waals surface area contributed by atoms with Crippen molar-refractivity contribution in [1.82, 2.24) is 9.97 Å². The lowest BCUT2D eigenvalue weighted by Gasteiger charge is -2.08. The summed E-state index contributed by atoms with van der Waals surface area (Å²) in [7, 11) is 1.33. The van der Waals surface area contributed by atoms with Crippen LogP contribution >= 0.6 is 23.4 Å². The molecule has 1 amide bonds. The molecular weight excluding hydrogens is 428 g/mol. The van der Waals surface area contributed by atoms with Crippen molar-refractivity contribution in [3.05, 3.63) is 69.4 Å². The van der Waals surface area contributed by atoms with E-state index in [1.165, 1.54) is 37.1 Å². The molecule has 1 heterocycles. The molecule has 154 valence electrons. The van der Waals surface area contributed by atoms with Gasteiger partial charge in [0.2, 0.25) is 5.91 Å². The maximum Gasteiger partial charge on any atom is 0.311 e. The van der Waals surface area contributed by atoms with Crippen LogP contribution in [0.25, 0.3) is 11.3 Å². The highest BCUT2D eigenvalue weighted by Crippen LogP contribution is 2.30. The number of nitrogens with zero attached hydrogens (tertiary/aromatic N) is 3. The number of amides is 1. The van der Waals surface area contributed by atoms with Crippen LogP contribution in [0.1, 0.15) is 5.69 Å². The molecule has 10 heteroatoms. The first-order chi connectivity index (χ1) is 14.4. The molecule has 0 spiro atoms. The number of nitro benzene ring substituents is 1. The van der Waals surface area contributed by atoms with Gasteiger partial charge >= 0.3 is 5.69 Å². The number of methoxy groups -OCH3 is 1. The van der Waals surface area contributed by atoms with Crippen LogP contribution in [0.5, 0.6) is 5.75 Å². The highest BCUT2D eigenvalue weighted by molar-refractivity contribution is 7.99. The normalized spacial score (nSPS) is 10.5. The molecule has 0 fully saturated rings. The van der Waals surface area contributed by atoms with Crippen molar-refractivity contribution in [2.75, 3.05) is 18.2 Å². The number of carbonyl (C=O) groups excluding carboxylic acids is 1. The van der Waals surface area contributed by atoms with Crippen LogP contribution in [0.3, 0.4) is 0 Å². The summed E-state index contributed by atoms with van der Waals surface area (Å²) in [5, 5.41) is 14.8. The number of thioether (sulfide) groups is 1. The highest BCUT2D eigenvalue weighted by Gasteiger charge is 2.16. The average Bonchev–Trinajstić information content (AvgIpc) is 2.72. The van der Waals surface area contributed by atoms with Gasteiger partial charge in [-0.15, -0.1) is 0 Å². The number of aromatic nitrogens is 2. The van der Waals surface area contributed by atoms with Gasteiger partial charge in [-0.3, -0.25) is 14.9 Å². The second-order valence-electron chi connectivity index (χ2n) is 6.16. The Kier molecular flexibility index (Phi) is 6.86. The van der Waals surface area contributed by atoms with E-state index in [4.69, 9.17) is 16.3 Å². The van der Waals surface area contributed by atoms with Crippen LogP contribution in [0.4, 0.5) is 11.4 Å². The third-order valence-corrected chi connectivity index (χ3v) is 5.07. The zero-order valence-electron chi connectivity index (χ0n) is 16.1. The van der Waals surface area contributed by atoms with E-state index in [0.29, 0.717) is 15.9 Å². The number of aryl methyl sites for hydroxylation is 1. The van der Waals surface area contributed by atoms with Crippen LogP contribution < -0.4 is 10.1 Å².